The Labute approximate surface area is 120 Å². The fourth-order valence-corrected chi connectivity index (χ4v) is 1.68. The van der Waals surface area contributed by atoms with Gasteiger partial charge >= 0.3 is 0 Å². The van der Waals surface area contributed by atoms with Crippen LogP contribution in [0, 0.1) is 0 Å². The van der Waals surface area contributed by atoms with Gasteiger partial charge in [-0.15, -0.1) is 6.58 Å². The first-order valence-electron chi connectivity index (χ1n) is 6.45. The van der Waals surface area contributed by atoms with E-state index in [9.17, 15) is 4.79 Å². The van der Waals surface area contributed by atoms with Crippen LogP contribution in [-0.4, -0.2) is 32.7 Å². The zero-order valence-corrected chi connectivity index (χ0v) is 12.2. The summed E-state index contributed by atoms with van der Waals surface area (Å²) in [7, 11) is 3.20. The Morgan fingerprint density at radius 1 is 1.35 bits per heavy atom. The zero-order valence-electron chi connectivity index (χ0n) is 12.2. The van der Waals surface area contributed by atoms with Gasteiger partial charge in [-0.2, -0.15) is 0 Å². The lowest BCUT2D eigenvalue weighted by molar-refractivity contribution is -0.122. The van der Waals surface area contributed by atoms with Crippen molar-refractivity contribution in [3.05, 3.63) is 36.4 Å². The van der Waals surface area contributed by atoms with Gasteiger partial charge in [0.25, 0.3) is 0 Å². The normalized spacial score (nSPS) is 11.6. The summed E-state index contributed by atoms with van der Waals surface area (Å²) in [5.74, 6) is 1.31. The number of methoxy groups -OCH3 is 2. The summed E-state index contributed by atoms with van der Waals surface area (Å²) in [6.07, 6.45) is 1.65. The van der Waals surface area contributed by atoms with Crippen molar-refractivity contribution in [2.45, 2.75) is 19.5 Å². The molecule has 0 fully saturated rings. The summed E-state index contributed by atoms with van der Waals surface area (Å²) in [5, 5.41) is 5.90. The molecule has 1 amide bonds. The van der Waals surface area contributed by atoms with Crippen LogP contribution in [0.5, 0.6) is 11.5 Å². The lowest BCUT2D eigenvalue weighted by Gasteiger charge is -2.14. The standard InChI is InChI=1S/C15H22N2O3/c1-5-8-16-15(18)11(2)17-10-12-6-7-13(19-3)14(9-12)20-4/h5-7,9,11,17H,1,8,10H2,2-4H3,(H,16,18). The molecule has 0 spiro atoms. The van der Waals surface area contributed by atoms with E-state index in [1.807, 2.05) is 25.1 Å². The molecule has 0 radical (unpaired) electrons. The molecule has 0 aliphatic heterocycles. The first kappa shape index (κ1) is 16.0. The molecule has 0 aliphatic rings. The molecule has 1 aromatic rings. The van der Waals surface area contributed by atoms with Crippen molar-refractivity contribution in [3.63, 3.8) is 0 Å². The van der Waals surface area contributed by atoms with Crippen LogP contribution in [-0.2, 0) is 11.3 Å². The first-order chi connectivity index (χ1) is 9.62. The van der Waals surface area contributed by atoms with Crippen LogP contribution >= 0.6 is 0 Å². The van der Waals surface area contributed by atoms with Crippen molar-refractivity contribution >= 4 is 5.91 Å². The third-order valence-corrected chi connectivity index (χ3v) is 2.87. The highest BCUT2D eigenvalue weighted by Gasteiger charge is 2.11. The summed E-state index contributed by atoms with van der Waals surface area (Å²) in [6, 6.07) is 5.39. The summed E-state index contributed by atoms with van der Waals surface area (Å²) in [5.41, 5.74) is 1.02. The van der Waals surface area contributed by atoms with Gasteiger partial charge < -0.3 is 20.1 Å². The molecule has 20 heavy (non-hydrogen) atoms. The Morgan fingerprint density at radius 3 is 2.65 bits per heavy atom. The molecule has 0 saturated heterocycles. The van der Waals surface area contributed by atoms with E-state index in [0.29, 0.717) is 24.6 Å². The van der Waals surface area contributed by atoms with Crippen molar-refractivity contribution in [1.29, 1.82) is 0 Å². The van der Waals surface area contributed by atoms with E-state index in [1.54, 1.807) is 20.3 Å². The van der Waals surface area contributed by atoms with E-state index >= 15 is 0 Å². The maximum Gasteiger partial charge on any atom is 0.237 e. The van der Waals surface area contributed by atoms with Crippen molar-refractivity contribution in [2.75, 3.05) is 20.8 Å². The maximum absolute atomic E-state index is 11.7. The first-order valence-corrected chi connectivity index (χ1v) is 6.45. The second-order valence-electron chi connectivity index (χ2n) is 4.33. The van der Waals surface area contributed by atoms with Gasteiger partial charge in [-0.3, -0.25) is 4.79 Å². The highest BCUT2D eigenvalue weighted by Crippen LogP contribution is 2.27. The van der Waals surface area contributed by atoms with Crippen LogP contribution in [0.3, 0.4) is 0 Å². The molecular formula is C15H22N2O3. The fourth-order valence-electron chi connectivity index (χ4n) is 1.68. The number of hydrogen-bond acceptors (Lipinski definition) is 4. The minimum absolute atomic E-state index is 0.0506. The minimum atomic E-state index is -0.275. The Bertz CT molecular complexity index is 460. The lowest BCUT2D eigenvalue weighted by atomic mass is 10.2. The summed E-state index contributed by atoms with van der Waals surface area (Å²) >= 11 is 0. The molecule has 5 nitrogen and oxygen atoms in total. The van der Waals surface area contributed by atoms with E-state index < -0.39 is 0 Å². The monoisotopic (exact) mass is 278 g/mol. The summed E-state index contributed by atoms with van der Waals surface area (Å²) in [4.78, 5) is 11.7. The van der Waals surface area contributed by atoms with Gasteiger partial charge in [-0.25, -0.2) is 0 Å². The molecule has 1 atom stereocenters. The van der Waals surface area contributed by atoms with Crippen LogP contribution < -0.4 is 20.1 Å². The Balaban J connectivity index is 2.56. The molecule has 0 aromatic heterocycles. The molecule has 1 rings (SSSR count). The molecule has 1 unspecified atom stereocenters. The Kier molecular flexibility index (Phi) is 6.59. The van der Waals surface area contributed by atoms with E-state index in [2.05, 4.69) is 17.2 Å². The topological polar surface area (TPSA) is 59.6 Å². The summed E-state index contributed by atoms with van der Waals surface area (Å²) < 4.78 is 10.4. The van der Waals surface area contributed by atoms with E-state index in [4.69, 9.17) is 9.47 Å². The van der Waals surface area contributed by atoms with Crippen molar-refractivity contribution in [2.24, 2.45) is 0 Å². The van der Waals surface area contributed by atoms with Crippen LogP contribution in [0.1, 0.15) is 12.5 Å². The molecule has 1 aromatic carbocycles. The molecule has 0 bridgehead atoms. The quantitative estimate of drug-likeness (QED) is 0.707. The minimum Gasteiger partial charge on any atom is -0.493 e. The average Bonchev–Trinajstić information content (AvgIpc) is 2.49. The van der Waals surface area contributed by atoms with E-state index in [0.717, 1.165) is 5.56 Å². The second-order valence-corrected chi connectivity index (χ2v) is 4.33. The number of nitrogens with one attached hydrogen (secondary N) is 2. The highest BCUT2D eigenvalue weighted by atomic mass is 16.5. The average molecular weight is 278 g/mol. The van der Waals surface area contributed by atoms with Gasteiger partial charge in [0, 0.05) is 13.1 Å². The van der Waals surface area contributed by atoms with Crippen LogP contribution in [0.2, 0.25) is 0 Å². The van der Waals surface area contributed by atoms with Gasteiger partial charge in [-0.05, 0) is 24.6 Å². The molecule has 0 saturated carbocycles. The number of benzene rings is 1. The van der Waals surface area contributed by atoms with Crippen LogP contribution in [0.15, 0.2) is 30.9 Å². The molecule has 2 N–H and O–H groups in total. The van der Waals surface area contributed by atoms with Crippen molar-refractivity contribution in [1.82, 2.24) is 10.6 Å². The van der Waals surface area contributed by atoms with Crippen LogP contribution in [0.4, 0.5) is 0 Å². The molecular weight excluding hydrogens is 256 g/mol. The number of hydrogen-bond donors (Lipinski definition) is 2. The van der Waals surface area contributed by atoms with E-state index in [-0.39, 0.29) is 11.9 Å². The Morgan fingerprint density at radius 2 is 2.05 bits per heavy atom. The molecule has 0 heterocycles. The van der Waals surface area contributed by atoms with Crippen molar-refractivity contribution < 1.29 is 14.3 Å². The lowest BCUT2D eigenvalue weighted by Crippen LogP contribution is -2.41. The SMILES string of the molecule is C=CCNC(=O)C(C)NCc1ccc(OC)c(OC)c1. The van der Waals surface area contributed by atoms with Crippen molar-refractivity contribution in [3.8, 4) is 11.5 Å². The van der Waals surface area contributed by atoms with Crippen LogP contribution in [0.25, 0.3) is 0 Å². The van der Waals surface area contributed by atoms with Gasteiger partial charge in [0.2, 0.25) is 5.91 Å². The van der Waals surface area contributed by atoms with Gasteiger partial charge in [0.1, 0.15) is 0 Å². The number of rotatable bonds is 8. The van der Waals surface area contributed by atoms with Gasteiger partial charge in [-0.1, -0.05) is 12.1 Å². The fraction of sp³-hybridized carbons (Fsp3) is 0.400. The third-order valence-electron chi connectivity index (χ3n) is 2.87. The molecule has 0 aliphatic carbocycles. The maximum atomic E-state index is 11.7. The largest absolute Gasteiger partial charge is 0.493 e. The number of carbonyl (C=O) groups excluding carboxylic acids is 1. The third kappa shape index (κ3) is 4.59. The van der Waals surface area contributed by atoms with E-state index in [1.165, 1.54) is 0 Å². The number of ether oxygens (including phenoxy) is 2. The second kappa shape index (κ2) is 8.22. The van der Waals surface area contributed by atoms with Gasteiger partial charge in [0.15, 0.2) is 11.5 Å². The molecule has 110 valence electrons. The smallest absolute Gasteiger partial charge is 0.237 e. The highest BCUT2D eigenvalue weighted by molar-refractivity contribution is 5.81. The summed E-state index contributed by atoms with van der Waals surface area (Å²) in [6.45, 7) is 6.42. The number of amides is 1. The van der Waals surface area contributed by atoms with Gasteiger partial charge in [0.05, 0.1) is 20.3 Å². The molecule has 5 heteroatoms. The zero-order chi connectivity index (χ0) is 15.0. The predicted octanol–water partition coefficient (Wildman–Crippen LogP) is 1.48. The predicted molar refractivity (Wildman–Crippen MR) is 79.1 cm³/mol. The number of carbonyl (C=O) groups is 1. The Hall–Kier alpha value is -2.01.